The van der Waals surface area contributed by atoms with E-state index < -0.39 is 17.8 Å². The van der Waals surface area contributed by atoms with Gasteiger partial charge < -0.3 is 20.0 Å². The van der Waals surface area contributed by atoms with E-state index in [0.29, 0.717) is 18.2 Å². The standard InChI is InChI=1S/C36H39ClFN9O2/c1-23(21-40-39-2)24-11-13-25(14-12-24)41-35(48)34-28-7-5-9-31(45-18-15-26(16-19-45)44(3)4)27(28)17-20-46(34)36(49)30-22-47(43-42-30)32-10-6-8-29(37)33(32)38/h5-14,21-22,26,34,40H,2,15-20H2,1,3-4H3,(H,41,48)/b23-21+/t34-/m1/s1. The van der Waals surface area contributed by atoms with Crippen LogP contribution >= 0.6 is 11.6 Å². The van der Waals surface area contributed by atoms with Crippen molar-refractivity contribution in [2.45, 2.75) is 38.3 Å². The van der Waals surface area contributed by atoms with Crippen LogP contribution in [0, 0.1) is 5.82 Å². The number of piperidine rings is 1. The number of benzene rings is 3. The Bertz CT molecular complexity index is 1880. The van der Waals surface area contributed by atoms with Gasteiger partial charge in [0.25, 0.3) is 11.8 Å². The first-order valence-corrected chi connectivity index (χ1v) is 16.5. The summed E-state index contributed by atoms with van der Waals surface area (Å²) in [6.45, 7) is 7.44. The predicted molar refractivity (Wildman–Crippen MR) is 191 cm³/mol. The number of nitrogens with zero attached hydrogens (tertiary/aromatic N) is 7. The lowest BCUT2D eigenvalue weighted by Crippen LogP contribution is -2.46. The fraction of sp³-hybridized carbons (Fsp3) is 0.306. The van der Waals surface area contributed by atoms with Gasteiger partial charge in [0.1, 0.15) is 11.7 Å². The summed E-state index contributed by atoms with van der Waals surface area (Å²) in [5.41, 5.74) is 8.15. The second kappa shape index (κ2) is 14.6. The molecule has 1 atom stereocenters. The number of amides is 2. The van der Waals surface area contributed by atoms with Gasteiger partial charge in [-0.15, -0.1) is 5.10 Å². The zero-order valence-corrected chi connectivity index (χ0v) is 28.5. The SMILES string of the molecule is C=NN/C=C(\C)c1ccc(NC(=O)[C@H]2c3cccc(N4CCC(N(C)C)CC4)c3CCN2C(=O)c2cn(-c3cccc(Cl)c3F)nn2)cc1. The summed E-state index contributed by atoms with van der Waals surface area (Å²) in [4.78, 5) is 34.6. The summed E-state index contributed by atoms with van der Waals surface area (Å²) in [6.07, 6.45) is 5.73. The molecule has 6 rings (SSSR count). The van der Waals surface area contributed by atoms with Gasteiger partial charge in [-0.3, -0.25) is 15.0 Å². The number of aromatic nitrogens is 3. The smallest absolute Gasteiger partial charge is 0.277 e. The lowest BCUT2D eigenvalue weighted by atomic mass is 9.89. The highest BCUT2D eigenvalue weighted by molar-refractivity contribution is 6.30. The van der Waals surface area contributed by atoms with Crippen molar-refractivity contribution in [3.8, 4) is 5.69 Å². The van der Waals surface area contributed by atoms with Crippen molar-refractivity contribution < 1.29 is 14.0 Å². The van der Waals surface area contributed by atoms with Gasteiger partial charge in [-0.2, -0.15) is 5.10 Å². The molecular weight excluding hydrogens is 645 g/mol. The maximum Gasteiger partial charge on any atom is 0.277 e. The van der Waals surface area contributed by atoms with E-state index in [1.807, 2.05) is 43.3 Å². The summed E-state index contributed by atoms with van der Waals surface area (Å²) in [5, 5.41) is 14.7. The normalized spacial score (nSPS) is 16.8. The summed E-state index contributed by atoms with van der Waals surface area (Å²) in [6, 6.07) is 17.5. The number of nitrogens with one attached hydrogen (secondary N) is 2. The largest absolute Gasteiger partial charge is 0.371 e. The van der Waals surface area contributed by atoms with Gasteiger partial charge in [0.15, 0.2) is 11.5 Å². The van der Waals surface area contributed by atoms with Gasteiger partial charge in [-0.1, -0.05) is 47.1 Å². The Labute approximate surface area is 290 Å². The van der Waals surface area contributed by atoms with E-state index in [2.05, 4.69) is 62.8 Å². The molecular formula is C36H39ClFN9O2. The lowest BCUT2D eigenvalue weighted by Gasteiger charge is -2.41. The molecule has 0 spiro atoms. The molecule has 2 amide bonds. The number of hydrogen-bond donors (Lipinski definition) is 2. The first kappa shape index (κ1) is 33.8. The Kier molecular flexibility index (Phi) is 10.1. The average Bonchev–Trinajstić information content (AvgIpc) is 3.61. The molecule has 3 aromatic carbocycles. The van der Waals surface area contributed by atoms with Gasteiger partial charge in [0, 0.05) is 50.0 Å². The van der Waals surface area contributed by atoms with Crippen molar-refractivity contribution in [1.29, 1.82) is 0 Å². The monoisotopic (exact) mass is 683 g/mol. The molecule has 0 bridgehead atoms. The minimum atomic E-state index is -0.951. The molecule has 0 radical (unpaired) electrons. The first-order chi connectivity index (χ1) is 23.7. The van der Waals surface area contributed by atoms with Crippen LogP contribution in [0.4, 0.5) is 15.8 Å². The first-order valence-electron chi connectivity index (χ1n) is 16.2. The third kappa shape index (κ3) is 7.06. The van der Waals surface area contributed by atoms with Crippen LogP contribution in [-0.4, -0.2) is 83.1 Å². The van der Waals surface area contributed by atoms with Crippen LogP contribution in [0.3, 0.4) is 0 Å². The second-order valence-electron chi connectivity index (χ2n) is 12.5. The Morgan fingerprint density at radius 3 is 2.47 bits per heavy atom. The number of hydrogen-bond acceptors (Lipinski definition) is 8. The molecule has 1 aromatic heterocycles. The molecule has 49 heavy (non-hydrogen) atoms. The Balaban J connectivity index is 1.32. The van der Waals surface area contributed by atoms with Crippen LogP contribution in [0.25, 0.3) is 11.3 Å². The molecule has 0 unspecified atom stereocenters. The number of allylic oxidation sites excluding steroid dienone is 1. The molecule has 2 aliphatic heterocycles. The predicted octanol–water partition coefficient (Wildman–Crippen LogP) is 5.53. The van der Waals surface area contributed by atoms with E-state index in [1.165, 1.54) is 27.9 Å². The third-order valence-corrected chi connectivity index (χ3v) is 9.60. The van der Waals surface area contributed by atoms with Crippen LogP contribution in [-0.2, 0) is 11.2 Å². The summed E-state index contributed by atoms with van der Waals surface area (Å²) < 4.78 is 16.0. The minimum Gasteiger partial charge on any atom is -0.371 e. The van der Waals surface area contributed by atoms with Crippen molar-refractivity contribution >= 4 is 47.1 Å². The van der Waals surface area contributed by atoms with Gasteiger partial charge >= 0.3 is 0 Å². The fourth-order valence-corrected chi connectivity index (χ4v) is 6.79. The van der Waals surface area contributed by atoms with Crippen molar-refractivity contribution in [3.05, 3.63) is 106 Å². The quantitative estimate of drug-likeness (QED) is 0.176. The number of rotatable bonds is 9. The highest BCUT2D eigenvalue weighted by atomic mass is 35.5. The third-order valence-electron chi connectivity index (χ3n) is 9.31. The number of fused-ring (bicyclic) bond motifs is 1. The van der Waals surface area contributed by atoms with Gasteiger partial charge in [-0.05, 0) is 92.9 Å². The number of halogens is 2. The molecule has 2 aliphatic rings. The van der Waals surface area contributed by atoms with Gasteiger partial charge in [0.05, 0.1) is 11.2 Å². The van der Waals surface area contributed by atoms with E-state index in [1.54, 1.807) is 12.3 Å². The maximum atomic E-state index is 14.8. The van der Waals surface area contributed by atoms with Crippen molar-refractivity contribution in [2.75, 3.05) is 43.9 Å². The molecule has 1 saturated heterocycles. The number of carbonyl (C=O) groups is 2. The molecule has 11 nitrogen and oxygen atoms in total. The Morgan fingerprint density at radius 2 is 1.76 bits per heavy atom. The molecule has 254 valence electrons. The summed E-state index contributed by atoms with van der Waals surface area (Å²) >= 11 is 5.98. The van der Waals surface area contributed by atoms with Crippen LogP contribution in [0.15, 0.2) is 78.2 Å². The molecule has 1 fully saturated rings. The van der Waals surface area contributed by atoms with E-state index in [9.17, 15) is 14.0 Å². The number of anilines is 2. The summed E-state index contributed by atoms with van der Waals surface area (Å²) in [7, 11) is 4.24. The van der Waals surface area contributed by atoms with Crippen molar-refractivity contribution in [1.82, 2.24) is 30.2 Å². The van der Waals surface area contributed by atoms with Crippen LogP contribution < -0.4 is 15.6 Å². The van der Waals surface area contributed by atoms with Crippen molar-refractivity contribution in [2.24, 2.45) is 5.10 Å². The van der Waals surface area contributed by atoms with E-state index in [4.69, 9.17) is 11.6 Å². The van der Waals surface area contributed by atoms with E-state index in [-0.39, 0.29) is 28.9 Å². The zero-order chi connectivity index (χ0) is 34.7. The second-order valence-corrected chi connectivity index (χ2v) is 12.9. The highest BCUT2D eigenvalue weighted by Gasteiger charge is 2.39. The highest BCUT2D eigenvalue weighted by Crippen LogP contribution is 2.38. The number of hydrazone groups is 1. The van der Waals surface area contributed by atoms with Gasteiger partial charge in [0.2, 0.25) is 0 Å². The van der Waals surface area contributed by atoms with Crippen LogP contribution in [0.2, 0.25) is 5.02 Å². The molecule has 2 N–H and O–H groups in total. The molecule has 13 heteroatoms. The molecule has 3 heterocycles. The maximum absolute atomic E-state index is 14.8. The van der Waals surface area contributed by atoms with Gasteiger partial charge in [-0.25, -0.2) is 9.07 Å². The topological polar surface area (TPSA) is 111 Å². The lowest BCUT2D eigenvalue weighted by molar-refractivity contribution is -0.121. The minimum absolute atomic E-state index is 0.0169. The fourth-order valence-electron chi connectivity index (χ4n) is 6.62. The number of carbonyl (C=O) groups excluding carboxylic acids is 2. The molecule has 4 aromatic rings. The average molecular weight is 684 g/mol. The Morgan fingerprint density at radius 1 is 1.04 bits per heavy atom. The molecule has 0 aliphatic carbocycles. The van der Waals surface area contributed by atoms with Crippen LogP contribution in [0.1, 0.15) is 53.0 Å². The van der Waals surface area contributed by atoms with Crippen molar-refractivity contribution in [3.63, 3.8) is 0 Å². The van der Waals surface area contributed by atoms with E-state index in [0.717, 1.165) is 53.9 Å². The zero-order valence-electron chi connectivity index (χ0n) is 27.7. The summed E-state index contributed by atoms with van der Waals surface area (Å²) in [5.74, 6) is -1.52. The molecule has 0 saturated carbocycles. The Hall–Kier alpha value is -5.07. The van der Waals surface area contributed by atoms with E-state index >= 15 is 0 Å². The van der Waals surface area contributed by atoms with Crippen LogP contribution in [0.5, 0.6) is 0 Å².